The molecule has 1 aliphatic heterocycles. The van der Waals surface area contributed by atoms with E-state index in [4.69, 9.17) is 14.2 Å². The summed E-state index contributed by atoms with van der Waals surface area (Å²) < 4.78 is 16.2. The van der Waals surface area contributed by atoms with E-state index in [2.05, 4.69) is 0 Å². The Kier molecular flexibility index (Phi) is 5.93. The van der Waals surface area contributed by atoms with E-state index >= 15 is 0 Å². The number of benzene rings is 1. The second-order valence-electron chi connectivity index (χ2n) is 7.23. The minimum atomic E-state index is -0.652. The van der Waals surface area contributed by atoms with Crippen molar-refractivity contribution in [2.75, 3.05) is 27.3 Å². The Balaban J connectivity index is 2.26. The second-order valence-corrected chi connectivity index (χ2v) is 7.23. The van der Waals surface area contributed by atoms with E-state index in [0.717, 1.165) is 31.5 Å². The van der Waals surface area contributed by atoms with E-state index < -0.39 is 5.41 Å². The van der Waals surface area contributed by atoms with Gasteiger partial charge in [-0.3, -0.25) is 9.59 Å². The molecule has 1 saturated heterocycles. The van der Waals surface area contributed by atoms with E-state index in [1.807, 2.05) is 4.90 Å². The second kappa shape index (κ2) is 7.76. The Morgan fingerprint density at radius 3 is 2.00 bits per heavy atom. The van der Waals surface area contributed by atoms with Crippen LogP contribution in [0.1, 0.15) is 39.2 Å². The van der Waals surface area contributed by atoms with Crippen LogP contribution in [0.2, 0.25) is 0 Å². The summed E-state index contributed by atoms with van der Waals surface area (Å²) in [5, 5.41) is 0. The lowest BCUT2D eigenvalue weighted by molar-refractivity contribution is -0.143. The van der Waals surface area contributed by atoms with Gasteiger partial charge < -0.3 is 19.1 Å². The standard InChI is InChI=1S/C19H27NO5/c1-19(2,3)18(22)25-17-14(23-4)10-13(11-15(17)24-5)12-16(21)20-8-6-7-9-20/h10-11H,6-9,12H2,1-5H3. The van der Waals surface area contributed by atoms with Crippen LogP contribution < -0.4 is 14.2 Å². The molecule has 1 aliphatic rings. The molecule has 6 nitrogen and oxygen atoms in total. The lowest BCUT2D eigenvalue weighted by Crippen LogP contribution is -2.29. The summed E-state index contributed by atoms with van der Waals surface area (Å²) in [7, 11) is 2.99. The minimum absolute atomic E-state index is 0.0843. The molecule has 0 N–H and O–H groups in total. The third-order valence-electron chi connectivity index (χ3n) is 4.14. The van der Waals surface area contributed by atoms with Gasteiger partial charge in [-0.25, -0.2) is 0 Å². The molecule has 0 aliphatic carbocycles. The van der Waals surface area contributed by atoms with E-state index in [9.17, 15) is 9.59 Å². The number of amides is 1. The number of carbonyl (C=O) groups excluding carboxylic acids is 2. The van der Waals surface area contributed by atoms with Crippen LogP contribution in [0, 0.1) is 5.41 Å². The number of methoxy groups -OCH3 is 2. The molecule has 0 spiro atoms. The predicted octanol–water partition coefficient (Wildman–Crippen LogP) is 2.82. The molecule has 1 aromatic rings. The van der Waals surface area contributed by atoms with E-state index in [0.29, 0.717) is 11.5 Å². The van der Waals surface area contributed by atoms with Gasteiger partial charge in [-0.1, -0.05) is 0 Å². The van der Waals surface area contributed by atoms with Crippen LogP contribution in [0.15, 0.2) is 12.1 Å². The molecule has 6 heteroatoms. The first-order chi connectivity index (χ1) is 11.8. The molecule has 1 aromatic carbocycles. The van der Waals surface area contributed by atoms with Crippen molar-refractivity contribution in [2.45, 2.75) is 40.0 Å². The largest absolute Gasteiger partial charge is 0.493 e. The van der Waals surface area contributed by atoms with Gasteiger partial charge in [-0.15, -0.1) is 0 Å². The molecule has 0 unspecified atom stereocenters. The highest BCUT2D eigenvalue weighted by molar-refractivity contribution is 5.81. The van der Waals surface area contributed by atoms with Crippen molar-refractivity contribution < 1.29 is 23.8 Å². The monoisotopic (exact) mass is 349 g/mol. The Labute approximate surface area is 149 Å². The number of likely N-dealkylation sites (tertiary alicyclic amines) is 1. The zero-order chi connectivity index (χ0) is 18.6. The maximum atomic E-state index is 12.4. The van der Waals surface area contributed by atoms with Crippen LogP contribution in [-0.2, 0) is 16.0 Å². The third kappa shape index (κ3) is 4.65. The summed E-state index contributed by atoms with van der Waals surface area (Å²) >= 11 is 0. The first-order valence-corrected chi connectivity index (χ1v) is 8.51. The SMILES string of the molecule is COc1cc(CC(=O)N2CCCC2)cc(OC)c1OC(=O)C(C)(C)C. The van der Waals surface area contributed by atoms with E-state index in [1.54, 1.807) is 32.9 Å². The summed E-state index contributed by atoms with van der Waals surface area (Å²) in [6.07, 6.45) is 2.38. The fourth-order valence-corrected chi connectivity index (χ4v) is 2.64. The molecule has 1 heterocycles. The zero-order valence-electron chi connectivity index (χ0n) is 15.7. The number of hydrogen-bond acceptors (Lipinski definition) is 5. The molecule has 0 radical (unpaired) electrons. The quantitative estimate of drug-likeness (QED) is 0.604. The highest BCUT2D eigenvalue weighted by atomic mass is 16.6. The molecule has 0 bridgehead atoms. The molecule has 0 atom stereocenters. The Morgan fingerprint density at radius 2 is 1.56 bits per heavy atom. The Hall–Kier alpha value is -2.24. The van der Waals surface area contributed by atoms with Gasteiger partial charge in [0.05, 0.1) is 26.1 Å². The first kappa shape index (κ1) is 19.1. The van der Waals surface area contributed by atoms with Gasteiger partial charge in [-0.05, 0) is 51.3 Å². The fraction of sp³-hybridized carbons (Fsp3) is 0.579. The van der Waals surface area contributed by atoms with Gasteiger partial charge in [0.25, 0.3) is 0 Å². The van der Waals surface area contributed by atoms with Crippen LogP contribution in [0.25, 0.3) is 0 Å². The van der Waals surface area contributed by atoms with Crippen molar-refractivity contribution in [1.82, 2.24) is 4.90 Å². The molecule has 1 amide bonds. The van der Waals surface area contributed by atoms with E-state index in [-0.39, 0.29) is 24.0 Å². The third-order valence-corrected chi connectivity index (χ3v) is 4.14. The first-order valence-electron chi connectivity index (χ1n) is 8.51. The van der Waals surface area contributed by atoms with E-state index in [1.165, 1.54) is 14.2 Å². The van der Waals surface area contributed by atoms with Gasteiger partial charge in [-0.2, -0.15) is 0 Å². The van der Waals surface area contributed by atoms with Crippen molar-refractivity contribution >= 4 is 11.9 Å². The number of esters is 1. The predicted molar refractivity (Wildman–Crippen MR) is 94.2 cm³/mol. The van der Waals surface area contributed by atoms with Gasteiger partial charge in [0.15, 0.2) is 11.5 Å². The fourth-order valence-electron chi connectivity index (χ4n) is 2.64. The normalized spacial score (nSPS) is 14.4. The van der Waals surface area contributed by atoms with Crippen LogP contribution >= 0.6 is 0 Å². The zero-order valence-corrected chi connectivity index (χ0v) is 15.7. The van der Waals surface area contributed by atoms with Crippen molar-refractivity contribution in [3.8, 4) is 17.2 Å². The average Bonchev–Trinajstić information content (AvgIpc) is 3.09. The van der Waals surface area contributed by atoms with Gasteiger partial charge in [0, 0.05) is 13.1 Å². The number of nitrogens with zero attached hydrogens (tertiary/aromatic N) is 1. The van der Waals surface area contributed by atoms with Gasteiger partial charge >= 0.3 is 5.97 Å². The average molecular weight is 349 g/mol. The topological polar surface area (TPSA) is 65.1 Å². The van der Waals surface area contributed by atoms with Crippen LogP contribution in [-0.4, -0.2) is 44.1 Å². The lowest BCUT2D eigenvalue weighted by atomic mass is 9.97. The summed E-state index contributed by atoms with van der Waals surface area (Å²) in [5.74, 6) is 0.690. The molecule has 0 aromatic heterocycles. The summed E-state index contributed by atoms with van der Waals surface area (Å²) in [5.41, 5.74) is 0.113. The van der Waals surface area contributed by atoms with Crippen molar-refractivity contribution in [3.05, 3.63) is 17.7 Å². The molecule has 25 heavy (non-hydrogen) atoms. The van der Waals surface area contributed by atoms with Crippen molar-refractivity contribution in [2.24, 2.45) is 5.41 Å². The van der Waals surface area contributed by atoms with Crippen LogP contribution in [0.4, 0.5) is 0 Å². The molecular formula is C19H27NO5. The maximum Gasteiger partial charge on any atom is 0.316 e. The maximum absolute atomic E-state index is 12.4. The summed E-state index contributed by atoms with van der Waals surface area (Å²) in [6, 6.07) is 3.45. The molecule has 2 rings (SSSR count). The Morgan fingerprint density at radius 1 is 1.04 bits per heavy atom. The smallest absolute Gasteiger partial charge is 0.316 e. The Bertz CT molecular complexity index is 617. The number of hydrogen-bond donors (Lipinski definition) is 0. The number of rotatable bonds is 5. The number of ether oxygens (including phenoxy) is 3. The minimum Gasteiger partial charge on any atom is -0.493 e. The van der Waals surface area contributed by atoms with Gasteiger partial charge in [0.1, 0.15) is 0 Å². The molecular weight excluding hydrogens is 322 g/mol. The number of carbonyl (C=O) groups is 2. The van der Waals surface area contributed by atoms with Crippen molar-refractivity contribution in [1.29, 1.82) is 0 Å². The molecule has 1 fully saturated rings. The lowest BCUT2D eigenvalue weighted by Gasteiger charge is -2.20. The van der Waals surface area contributed by atoms with Crippen molar-refractivity contribution in [3.63, 3.8) is 0 Å². The molecule has 0 saturated carbocycles. The molecule has 138 valence electrons. The highest BCUT2D eigenvalue weighted by Crippen LogP contribution is 2.40. The summed E-state index contributed by atoms with van der Waals surface area (Å²) in [4.78, 5) is 26.4. The van der Waals surface area contributed by atoms with Crippen LogP contribution in [0.3, 0.4) is 0 Å². The highest BCUT2D eigenvalue weighted by Gasteiger charge is 2.27. The summed E-state index contributed by atoms with van der Waals surface area (Å²) in [6.45, 7) is 6.95. The van der Waals surface area contributed by atoms with Gasteiger partial charge in [0.2, 0.25) is 11.7 Å². The van der Waals surface area contributed by atoms with Crippen LogP contribution in [0.5, 0.6) is 17.2 Å².